The Morgan fingerprint density at radius 2 is 1.86 bits per heavy atom. The standard InChI is InChI=1S/C16H16Cl2N2O2/c17-9-15(21)10-19-14-3-1-2-11(8-14)16(22)20-13-6-4-12(18)5-7-13/h1-8,15,19,21H,9-10H2,(H,20,22). The molecule has 0 aliphatic carbocycles. The van der Waals surface area contributed by atoms with Gasteiger partial charge in [0.25, 0.3) is 5.91 Å². The van der Waals surface area contributed by atoms with Crippen LogP contribution in [0, 0.1) is 0 Å². The highest BCUT2D eigenvalue weighted by Gasteiger charge is 2.08. The van der Waals surface area contributed by atoms with E-state index < -0.39 is 6.10 Å². The van der Waals surface area contributed by atoms with Gasteiger partial charge in [0.1, 0.15) is 0 Å². The van der Waals surface area contributed by atoms with E-state index >= 15 is 0 Å². The highest BCUT2D eigenvalue weighted by Crippen LogP contribution is 2.16. The van der Waals surface area contributed by atoms with E-state index in [1.165, 1.54) is 0 Å². The highest BCUT2D eigenvalue weighted by atomic mass is 35.5. The van der Waals surface area contributed by atoms with Crippen LogP contribution in [-0.4, -0.2) is 29.5 Å². The quantitative estimate of drug-likeness (QED) is 0.705. The Morgan fingerprint density at radius 3 is 2.55 bits per heavy atom. The van der Waals surface area contributed by atoms with Crippen molar-refractivity contribution in [2.24, 2.45) is 0 Å². The van der Waals surface area contributed by atoms with Crippen molar-refractivity contribution >= 4 is 40.5 Å². The number of amides is 1. The number of aliphatic hydroxyl groups excluding tert-OH is 1. The minimum absolute atomic E-state index is 0.156. The van der Waals surface area contributed by atoms with E-state index in [1.54, 1.807) is 42.5 Å². The van der Waals surface area contributed by atoms with Crippen LogP contribution in [0.15, 0.2) is 48.5 Å². The summed E-state index contributed by atoms with van der Waals surface area (Å²) in [7, 11) is 0. The lowest BCUT2D eigenvalue weighted by Gasteiger charge is -2.11. The van der Waals surface area contributed by atoms with Gasteiger partial charge in [-0.25, -0.2) is 0 Å². The Hall–Kier alpha value is -1.75. The summed E-state index contributed by atoms with van der Waals surface area (Å²) in [5, 5.41) is 15.9. The third kappa shape index (κ3) is 4.91. The smallest absolute Gasteiger partial charge is 0.255 e. The molecular weight excluding hydrogens is 323 g/mol. The van der Waals surface area contributed by atoms with Gasteiger partial charge in [-0.1, -0.05) is 17.7 Å². The molecule has 1 unspecified atom stereocenters. The first kappa shape index (κ1) is 16.6. The summed E-state index contributed by atoms with van der Waals surface area (Å²) in [6, 6.07) is 13.9. The van der Waals surface area contributed by atoms with Crippen molar-refractivity contribution in [3.05, 3.63) is 59.1 Å². The predicted molar refractivity (Wildman–Crippen MR) is 91.1 cm³/mol. The maximum atomic E-state index is 12.2. The first-order chi connectivity index (χ1) is 10.6. The van der Waals surface area contributed by atoms with Gasteiger partial charge in [-0.3, -0.25) is 4.79 Å². The fraction of sp³-hybridized carbons (Fsp3) is 0.188. The Balaban J connectivity index is 2.02. The zero-order valence-corrected chi connectivity index (χ0v) is 13.2. The van der Waals surface area contributed by atoms with Gasteiger partial charge >= 0.3 is 0 Å². The van der Waals surface area contributed by atoms with E-state index in [2.05, 4.69) is 10.6 Å². The lowest BCUT2D eigenvalue weighted by Crippen LogP contribution is -2.21. The number of anilines is 2. The van der Waals surface area contributed by atoms with Crippen molar-refractivity contribution in [1.29, 1.82) is 0 Å². The van der Waals surface area contributed by atoms with Gasteiger partial charge in [-0.15, -0.1) is 11.6 Å². The van der Waals surface area contributed by atoms with E-state index in [4.69, 9.17) is 23.2 Å². The van der Waals surface area contributed by atoms with Crippen LogP contribution in [0.2, 0.25) is 5.02 Å². The predicted octanol–water partition coefficient (Wildman–Crippen LogP) is 3.60. The maximum absolute atomic E-state index is 12.2. The van der Waals surface area contributed by atoms with Gasteiger partial charge in [-0.05, 0) is 42.5 Å². The third-order valence-corrected chi connectivity index (χ3v) is 3.55. The largest absolute Gasteiger partial charge is 0.390 e. The molecule has 22 heavy (non-hydrogen) atoms. The summed E-state index contributed by atoms with van der Waals surface area (Å²) < 4.78 is 0. The second kappa shape index (κ2) is 8.03. The van der Waals surface area contributed by atoms with E-state index in [9.17, 15) is 9.90 Å². The fourth-order valence-electron chi connectivity index (χ4n) is 1.80. The number of benzene rings is 2. The van der Waals surface area contributed by atoms with Crippen LogP contribution in [0.5, 0.6) is 0 Å². The van der Waals surface area contributed by atoms with Gasteiger partial charge in [0.15, 0.2) is 0 Å². The van der Waals surface area contributed by atoms with Crippen LogP contribution in [-0.2, 0) is 0 Å². The maximum Gasteiger partial charge on any atom is 0.255 e. The molecule has 0 aliphatic rings. The Bertz CT molecular complexity index is 632. The van der Waals surface area contributed by atoms with Crippen molar-refractivity contribution < 1.29 is 9.90 Å². The molecular formula is C16H16Cl2N2O2. The van der Waals surface area contributed by atoms with Gasteiger partial charge < -0.3 is 15.7 Å². The summed E-state index contributed by atoms with van der Waals surface area (Å²) >= 11 is 11.3. The normalized spacial score (nSPS) is 11.8. The van der Waals surface area contributed by atoms with E-state index in [1.807, 2.05) is 6.07 Å². The van der Waals surface area contributed by atoms with Gasteiger partial charge in [0.05, 0.1) is 12.0 Å². The number of alkyl halides is 1. The average Bonchev–Trinajstić information content (AvgIpc) is 2.55. The van der Waals surface area contributed by atoms with Crippen LogP contribution >= 0.6 is 23.2 Å². The van der Waals surface area contributed by atoms with Gasteiger partial charge in [0, 0.05) is 28.5 Å². The summed E-state index contributed by atoms with van der Waals surface area (Å²) in [5.74, 6) is -0.0622. The van der Waals surface area contributed by atoms with E-state index in [0.717, 1.165) is 5.69 Å². The van der Waals surface area contributed by atoms with Crippen LogP contribution < -0.4 is 10.6 Å². The molecule has 2 aromatic rings. The third-order valence-electron chi connectivity index (χ3n) is 2.95. The molecule has 0 saturated heterocycles. The lowest BCUT2D eigenvalue weighted by atomic mass is 10.1. The number of rotatable bonds is 6. The average molecular weight is 339 g/mol. The minimum atomic E-state index is -0.631. The Kier molecular flexibility index (Phi) is 6.07. The second-order valence-electron chi connectivity index (χ2n) is 4.73. The number of halogens is 2. The van der Waals surface area contributed by atoms with Gasteiger partial charge in [-0.2, -0.15) is 0 Å². The molecule has 1 amide bonds. The molecule has 0 bridgehead atoms. The monoisotopic (exact) mass is 338 g/mol. The molecule has 0 radical (unpaired) electrons. The molecule has 0 fully saturated rings. The number of hydrogen-bond donors (Lipinski definition) is 3. The topological polar surface area (TPSA) is 61.4 Å². The number of carbonyl (C=O) groups excluding carboxylic acids is 1. The zero-order valence-electron chi connectivity index (χ0n) is 11.7. The molecule has 3 N–H and O–H groups in total. The van der Waals surface area contributed by atoms with Crippen molar-refractivity contribution in [1.82, 2.24) is 0 Å². The lowest BCUT2D eigenvalue weighted by molar-refractivity contribution is 0.102. The van der Waals surface area contributed by atoms with Crippen LogP contribution in [0.4, 0.5) is 11.4 Å². The van der Waals surface area contributed by atoms with Crippen molar-refractivity contribution in [2.75, 3.05) is 23.1 Å². The molecule has 116 valence electrons. The summed E-state index contributed by atoms with van der Waals surface area (Å²) in [5.41, 5.74) is 1.93. The number of hydrogen-bond acceptors (Lipinski definition) is 3. The Morgan fingerprint density at radius 1 is 1.14 bits per heavy atom. The molecule has 2 aromatic carbocycles. The van der Waals surface area contributed by atoms with E-state index in [-0.39, 0.29) is 11.8 Å². The first-order valence-corrected chi connectivity index (χ1v) is 7.64. The van der Waals surface area contributed by atoms with Crippen molar-refractivity contribution in [2.45, 2.75) is 6.10 Å². The fourth-order valence-corrected chi connectivity index (χ4v) is 2.03. The number of nitrogens with one attached hydrogen (secondary N) is 2. The van der Waals surface area contributed by atoms with Crippen LogP contribution in [0.1, 0.15) is 10.4 Å². The van der Waals surface area contributed by atoms with Gasteiger partial charge in [0.2, 0.25) is 0 Å². The zero-order chi connectivity index (χ0) is 15.9. The molecule has 0 aliphatic heterocycles. The summed E-state index contributed by atoms with van der Waals surface area (Å²) in [6.45, 7) is 0.325. The Labute approximate surface area is 139 Å². The first-order valence-electron chi connectivity index (χ1n) is 6.73. The van der Waals surface area contributed by atoms with Crippen molar-refractivity contribution in [3.63, 3.8) is 0 Å². The SMILES string of the molecule is O=C(Nc1ccc(Cl)cc1)c1cccc(NCC(O)CCl)c1. The molecule has 4 nitrogen and oxygen atoms in total. The van der Waals surface area contributed by atoms with E-state index in [0.29, 0.717) is 22.8 Å². The molecule has 1 atom stereocenters. The molecule has 0 heterocycles. The molecule has 0 saturated carbocycles. The highest BCUT2D eigenvalue weighted by molar-refractivity contribution is 6.30. The van der Waals surface area contributed by atoms with Crippen molar-refractivity contribution in [3.8, 4) is 0 Å². The number of carbonyl (C=O) groups is 1. The molecule has 0 spiro atoms. The van der Waals surface area contributed by atoms with Crippen LogP contribution in [0.25, 0.3) is 0 Å². The number of aliphatic hydroxyl groups is 1. The molecule has 2 rings (SSSR count). The summed E-state index contributed by atoms with van der Waals surface area (Å²) in [6.07, 6.45) is -0.631. The van der Waals surface area contributed by atoms with Crippen LogP contribution in [0.3, 0.4) is 0 Å². The molecule has 0 aromatic heterocycles. The molecule has 6 heteroatoms. The second-order valence-corrected chi connectivity index (χ2v) is 5.48. The minimum Gasteiger partial charge on any atom is -0.390 e. The summed E-state index contributed by atoms with van der Waals surface area (Å²) in [4.78, 5) is 12.2.